The molecule has 7 heteroatoms. The number of hydrogen-bond donors (Lipinski definition) is 2. The summed E-state index contributed by atoms with van der Waals surface area (Å²) in [6.45, 7) is 3.95. The molecule has 19 heavy (non-hydrogen) atoms. The van der Waals surface area contributed by atoms with Gasteiger partial charge < -0.3 is 19.9 Å². The maximum absolute atomic E-state index is 11.1. The second-order valence-electron chi connectivity index (χ2n) is 4.35. The van der Waals surface area contributed by atoms with E-state index in [1.165, 1.54) is 14.2 Å². The number of methoxy groups -OCH3 is 2. The zero-order valence-electron chi connectivity index (χ0n) is 11.5. The molecule has 7 nitrogen and oxygen atoms in total. The summed E-state index contributed by atoms with van der Waals surface area (Å²) >= 11 is 0. The minimum absolute atomic E-state index is 0.0116. The van der Waals surface area contributed by atoms with Crippen molar-refractivity contribution in [3.05, 3.63) is 6.07 Å². The number of nitrogens with zero attached hydrogens (tertiary/aromatic N) is 2. The summed E-state index contributed by atoms with van der Waals surface area (Å²) in [6.07, 6.45) is 0. The lowest BCUT2D eigenvalue weighted by atomic mass is 9.96. The number of nitrogens with one attached hydrogen (secondary N) is 1. The van der Waals surface area contributed by atoms with Crippen LogP contribution in [0.1, 0.15) is 13.8 Å². The van der Waals surface area contributed by atoms with E-state index in [1.54, 1.807) is 6.07 Å². The van der Waals surface area contributed by atoms with Crippen molar-refractivity contribution in [2.75, 3.05) is 26.1 Å². The van der Waals surface area contributed by atoms with E-state index >= 15 is 0 Å². The molecule has 0 amide bonds. The smallest absolute Gasteiger partial charge is 0.308 e. The lowest BCUT2D eigenvalue weighted by Gasteiger charge is -2.17. The minimum Gasteiger partial charge on any atom is -0.481 e. The van der Waals surface area contributed by atoms with Crippen LogP contribution in [0.25, 0.3) is 0 Å². The number of anilines is 1. The Hall–Kier alpha value is -2.05. The minimum atomic E-state index is -0.850. The van der Waals surface area contributed by atoms with E-state index in [2.05, 4.69) is 15.3 Å². The van der Waals surface area contributed by atoms with Crippen LogP contribution in [0.3, 0.4) is 0 Å². The van der Waals surface area contributed by atoms with Crippen molar-refractivity contribution in [3.63, 3.8) is 0 Å². The molecule has 1 rings (SSSR count). The fourth-order valence-electron chi connectivity index (χ4n) is 1.50. The zero-order chi connectivity index (χ0) is 14.4. The largest absolute Gasteiger partial charge is 0.481 e. The Bertz CT molecular complexity index is 415. The summed E-state index contributed by atoms with van der Waals surface area (Å²) in [6, 6.07) is 1.54. The third kappa shape index (κ3) is 4.27. The number of ether oxygens (including phenoxy) is 2. The molecule has 1 aromatic rings. The predicted octanol–water partition coefficient (Wildman–Crippen LogP) is 1.26. The van der Waals surface area contributed by atoms with E-state index in [1.807, 2.05) is 13.8 Å². The number of carboxylic acid groups (broad SMARTS) is 1. The number of rotatable bonds is 7. The number of aromatic nitrogens is 2. The van der Waals surface area contributed by atoms with Gasteiger partial charge in [-0.1, -0.05) is 13.8 Å². The van der Waals surface area contributed by atoms with E-state index in [9.17, 15) is 4.79 Å². The summed E-state index contributed by atoms with van der Waals surface area (Å²) in [5.41, 5.74) is 0. The molecule has 0 bridgehead atoms. The fourth-order valence-corrected chi connectivity index (χ4v) is 1.50. The lowest BCUT2D eigenvalue weighted by Crippen LogP contribution is -2.28. The first-order valence-electron chi connectivity index (χ1n) is 5.91. The van der Waals surface area contributed by atoms with Crippen LogP contribution in [0.4, 0.5) is 5.95 Å². The normalized spacial score (nSPS) is 12.1. The van der Waals surface area contributed by atoms with Gasteiger partial charge in [0.05, 0.1) is 26.2 Å². The Kier molecular flexibility index (Phi) is 5.35. The van der Waals surface area contributed by atoms with Crippen LogP contribution >= 0.6 is 0 Å². The van der Waals surface area contributed by atoms with Crippen molar-refractivity contribution >= 4 is 11.9 Å². The van der Waals surface area contributed by atoms with Crippen molar-refractivity contribution in [3.8, 4) is 11.8 Å². The summed E-state index contributed by atoms with van der Waals surface area (Å²) in [4.78, 5) is 19.2. The lowest BCUT2D eigenvalue weighted by molar-refractivity contribution is -0.142. The van der Waals surface area contributed by atoms with Crippen LogP contribution < -0.4 is 14.8 Å². The zero-order valence-corrected chi connectivity index (χ0v) is 11.5. The van der Waals surface area contributed by atoms with E-state index in [0.29, 0.717) is 11.8 Å². The molecular weight excluding hydrogens is 250 g/mol. The molecule has 0 aliphatic heterocycles. The maximum atomic E-state index is 11.1. The first-order valence-corrected chi connectivity index (χ1v) is 5.91. The van der Waals surface area contributed by atoms with Crippen molar-refractivity contribution in [2.45, 2.75) is 13.8 Å². The van der Waals surface area contributed by atoms with Crippen LogP contribution in [-0.2, 0) is 4.79 Å². The molecule has 0 spiro atoms. The number of aliphatic carboxylic acids is 1. The van der Waals surface area contributed by atoms with Gasteiger partial charge in [0, 0.05) is 6.54 Å². The van der Waals surface area contributed by atoms with E-state index in [-0.39, 0.29) is 18.4 Å². The van der Waals surface area contributed by atoms with Crippen molar-refractivity contribution in [1.29, 1.82) is 0 Å². The Labute approximate surface area is 112 Å². The fraction of sp³-hybridized carbons (Fsp3) is 0.583. The Morgan fingerprint density at radius 1 is 1.32 bits per heavy atom. The molecule has 0 fully saturated rings. The summed E-state index contributed by atoms with van der Waals surface area (Å²) in [5.74, 6) is -0.365. The van der Waals surface area contributed by atoms with Crippen molar-refractivity contribution < 1.29 is 19.4 Å². The van der Waals surface area contributed by atoms with E-state index in [0.717, 1.165) is 0 Å². The quantitative estimate of drug-likeness (QED) is 0.769. The number of carboxylic acids is 1. The summed E-state index contributed by atoms with van der Waals surface area (Å²) in [7, 11) is 2.97. The van der Waals surface area contributed by atoms with Gasteiger partial charge in [-0.05, 0) is 5.92 Å². The SMILES string of the molecule is COc1cc(OC)nc(NCC(C(=O)O)C(C)C)n1. The van der Waals surface area contributed by atoms with Crippen molar-refractivity contribution in [1.82, 2.24) is 9.97 Å². The third-order valence-corrected chi connectivity index (χ3v) is 2.70. The second kappa shape index (κ2) is 6.77. The molecule has 0 saturated heterocycles. The van der Waals surface area contributed by atoms with Gasteiger partial charge in [-0.25, -0.2) is 0 Å². The molecular formula is C12H19N3O4. The highest BCUT2D eigenvalue weighted by molar-refractivity contribution is 5.71. The Morgan fingerprint density at radius 2 is 1.84 bits per heavy atom. The van der Waals surface area contributed by atoms with Gasteiger partial charge in [0.25, 0.3) is 0 Å². The predicted molar refractivity (Wildman–Crippen MR) is 69.6 cm³/mol. The van der Waals surface area contributed by atoms with Gasteiger partial charge in [0.15, 0.2) is 0 Å². The molecule has 106 valence electrons. The Morgan fingerprint density at radius 3 is 2.21 bits per heavy atom. The maximum Gasteiger partial charge on any atom is 0.308 e. The molecule has 1 heterocycles. The van der Waals surface area contributed by atoms with Crippen LogP contribution in [0.5, 0.6) is 11.8 Å². The van der Waals surface area contributed by atoms with E-state index < -0.39 is 11.9 Å². The van der Waals surface area contributed by atoms with Gasteiger partial charge in [-0.15, -0.1) is 0 Å². The summed E-state index contributed by atoms with van der Waals surface area (Å²) < 4.78 is 10.0. The monoisotopic (exact) mass is 269 g/mol. The van der Waals surface area contributed by atoms with Gasteiger partial charge in [-0.2, -0.15) is 9.97 Å². The molecule has 0 saturated carbocycles. The van der Waals surface area contributed by atoms with Crippen LogP contribution in [0.2, 0.25) is 0 Å². The molecule has 1 aromatic heterocycles. The van der Waals surface area contributed by atoms with Gasteiger partial charge >= 0.3 is 5.97 Å². The first-order chi connectivity index (χ1) is 8.97. The molecule has 1 unspecified atom stereocenters. The standard InChI is InChI=1S/C12H19N3O4/c1-7(2)8(11(16)17)6-13-12-14-9(18-3)5-10(15-12)19-4/h5,7-8H,6H2,1-4H3,(H,16,17)(H,13,14,15). The second-order valence-corrected chi connectivity index (χ2v) is 4.35. The molecule has 0 aliphatic carbocycles. The van der Waals surface area contributed by atoms with Gasteiger partial charge in [-0.3, -0.25) is 4.79 Å². The summed E-state index contributed by atoms with van der Waals surface area (Å²) in [5, 5.41) is 12.0. The van der Waals surface area contributed by atoms with Crippen LogP contribution in [-0.4, -0.2) is 41.8 Å². The van der Waals surface area contributed by atoms with Crippen molar-refractivity contribution in [2.24, 2.45) is 11.8 Å². The topological polar surface area (TPSA) is 93.6 Å². The number of hydrogen-bond acceptors (Lipinski definition) is 6. The van der Waals surface area contributed by atoms with Crippen LogP contribution in [0, 0.1) is 11.8 Å². The molecule has 0 aliphatic rings. The van der Waals surface area contributed by atoms with Gasteiger partial charge in [0.2, 0.25) is 17.7 Å². The highest BCUT2D eigenvalue weighted by atomic mass is 16.5. The molecule has 2 N–H and O–H groups in total. The number of carbonyl (C=O) groups is 1. The average molecular weight is 269 g/mol. The van der Waals surface area contributed by atoms with Crippen LogP contribution in [0.15, 0.2) is 6.07 Å². The van der Waals surface area contributed by atoms with Gasteiger partial charge in [0.1, 0.15) is 0 Å². The molecule has 0 radical (unpaired) electrons. The average Bonchev–Trinajstić information content (AvgIpc) is 2.37. The Balaban J connectivity index is 2.78. The molecule has 0 aromatic carbocycles. The molecule has 1 atom stereocenters. The highest BCUT2D eigenvalue weighted by Gasteiger charge is 2.21. The first kappa shape index (κ1) is 15.0. The third-order valence-electron chi connectivity index (χ3n) is 2.70. The van der Waals surface area contributed by atoms with E-state index in [4.69, 9.17) is 14.6 Å². The highest BCUT2D eigenvalue weighted by Crippen LogP contribution is 2.18.